The van der Waals surface area contributed by atoms with Crippen molar-refractivity contribution in [3.63, 3.8) is 0 Å². The normalized spacial score (nSPS) is 28.2. The van der Waals surface area contributed by atoms with E-state index in [0.29, 0.717) is 31.3 Å². The first-order valence-corrected chi connectivity index (χ1v) is 9.52. The van der Waals surface area contributed by atoms with Crippen LogP contribution in [-0.2, 0) is 16.1 Å². The van der Waals surface area contributed by atoms with Crippen LogP contribution in [0.5, 0.6) is 0 Å². The predicted molar refractivity (Wildman–Crippen MR) is 99.3 cm³/mol. The molecule has 0 spiro atoms. The number of likely N-dealkylation sites (tertiary alicyclic amines) is 1. The second-order valence-electron chi connectivity index (χ2n) is 7.50. The quantitative estimate of drug-likeness (QED) is 0.855. The van der Waals surface area contributed by atoms with Gasteiger partial charge in [0.15, 0.2) is 0 Å². The summed E-state index contributed by atoms with van der Waals surface area (Å²) in [6.07, 6.45) is 2.97. The molecule has 3 rings (SSSR count). The lowest BCUT2D eigenvalue weighted by Crippen LogP contribution is -2.51. The molecule has 1 aromatic carbocycles. The smallest absolute Gasteiger partial charge is 0.234 e. The lowest BCUT2D eigenvalue weighted by Gasteiger charge is -2.38. The van der Waals surface area contributed by atoms with Gasteiger partial charge in [0, 0.05) is 32.2 Å². The molecule has 1 N–H and O–H groups in total. The largest absolute Gasteiger partial charge is 0.373 e. The molecule has 138 valence electrons. The predicted octanol–water partition coefficient (Wildman–Crippen LogP) is 1.88. The molecule has 0 unspecified atom stereocenters. The zero-order chi connectivity index (χ0) is 17.6. The Morgan fingerprint density at radius 2 is 1.92 bits per heavy atom. The van der Waals surface area contributed by atoms with Gasteiger partial charge in [-0.2, -0.15) is 0 Å². The Bertz CT molecular complexity index is 541. The van der Waals surface area contributed by atoms with Crippen LogP contribution in [0.15, 0.2) is 30.3 Å². The summed E-state index contributed by atoms with van der Waals surface area (Å²) in [5.41, 5.74) is 1.14. The first-order valence-electron chi connectivity index (χ1n) is 9.52. The van der Waals surface area contributed by atoms with E-state index in [-0.39, 0.29) is 5.91 Å². The molecular formula is C20H31N3O2. The highest BCUT2D eigenvalue weighted by Crippen LogP contribution is 2.20. The minimum absolute atomic E-state index is 0.125. The number of benzene rings is 1. The van der Waals surface area contributed by atoms with E-state index >= 15 is 0 Å². The van der Waals surface area contributed by atoms with Crippen molar-refractivity contribution in [2.24, 2.45) is 0 Å². The standard InChI is InChI=1S/C20H31N3O2/c1-16-12-22(13-17(2)25-16)14-19-9-6-10-23(19)15-20(24)21-11-18-7-4-3-5-8-18/h3-5,7-8,16-17,19H,6,9-15H2,1-2H3,(H,21,24)/t16-,17+,19-/m0/s1. The molecule has 2 aliphatic rings. The molecule has 2 saturated heterocycles. The van der Waals surface area contributed by atoms with E-state index in [4.69, 9.17) is 4.74 Å². The van der Waals surface area contributed by atoms with Gasteiger partial charge in [-0.3, -0.25) is 14.6 Å². The Labute approximate surface area is 151 Å². The maximum atomic E-state index is 12.3. The molecule has 5 heteroatoms. The maximum absolute atomic E-state index is 12.3. The number of carbonyl (C=O) groups excluding carboxylic acids is 1. The van der Waals surface area contributed by atoms with E-state index in [1.165, 1.54) is 12.8 Å². The summed E-state index contributed by atoms with van der Waals surface area (Å²) in [7, 11) is 0. The zero-order valence-electron chi connectivity index (χ0n) is 15.5. The van der Waals surface area contributed by atoms with E-state index < -0.39 is 0 Å². The van der Waals surface area contributed by atoms with Crippen LogP contribution < -0.4 is 5.32 Å². The van der Waals surface area contributed by atoms with Crippen LogP contribution in [0.1, 0.15) is 32.3 Å². The van der Waals surface area contributed by atoms with Crippen LogP contribution in [0, 0.1) is 0 Å². The van der Waals surface area contributed by atoms with Crippen LogP contribution in [0.3, 0.4) is 0 Å². The Morgan fingerprint density at radius 1 is 1.20 bits per heavy atom. The number of hydrogen-bond acceptors (Lipinski definition) is 4. The molecule has 5 nitrogen and oxygen atoms in total. The van der Waals surface area contributed by atoms with Gasteiger partial charge in [0.25, 0.3) is 0 Å². The molecule has 0 bridgehead atoms. The third-order valence-corrected chi connectivity index (χ3v) is 5.14. The first kappa shape index (κ1) is 18.4. The number of nitrogens with zero attached hydrogens (tertiary/aromatic N) is 2. The fourth-order valence-electron chi connectivity index (χ4n) is 4.08. The van der Waals surface area contributed by atoms with E-state index in [1.54, 1.807) is 0 Å². The van der Waals surface area contributed by atoms with E-state index in [0.717, 1.165) is 31.7 Å². The van der Waals surface area contributed by atoms with Crippen molar-refractivity contribution in [2.45, 2.75) is 51.5 Å². The van der Waals surface area contributed by atoms with Gasteiger partial charge in [0.1, 0.15) is 0 Å². The average Bonchev–Trinajstić information content (AvgIpc) is 3.00. The van der Waals surface area contributed by atoms with Crippen LogP contribution >= 0.6 is 0 Å². The van der Waals surface area contributed by atoms with Crippen LogP contribution in [-0.4, -0.2) is 66.7 Å². The van der Waals surface area contributed by atoms with Gasteiger partial charge in [0.2, 0.25) is 5.91 Å². The fraction of sp³-hybridized carbons (Fsp3) is 0.650. The van der Waals surface area contributed by atoms with Gasteiger partial charge >= 0.3 is 0 Å². The van der Waals surface area contributed by atoms with Gasteiger partial charge in [-0.1, -0.05) is 30.3 Å². The Balaban J connectivity index is 1.45. The van der Waals surface area contributed by atoms with E-state index in [1.807, 2.05) is 30.3 Å². The third kappa shape index (κ3) is 5.53. The molecular weight excluding hydrogens is 314 g/mol. The highest BCUT2D eigenvalue weighted by molar-refractivity contribution is 5.78. The molecule has 0 radical (unpaired) electrons. The summed E-state index contributed by atoms with van der Waals surface area (Å²) in [4.78, 5) is 17.2. The van der Waals surface area contributed by atoms with Crippen molar-refractivity contribution in [2.75, 3.05) is 32.7 Å². The zero-order valence-corrected chi connectivity index (χ0v) is 15.5. The number of rotatable bonds is 6. The second-order valence-corrected chi connectivity index (χ2v) is 7.50. The molecule has 0 aliphatic carbocycles. The molecule has 2 aliphatic heterocycles. The fourth-order valence-corrected chi connectivity index (χ4v) is 4.08. The molecule has 25 heavy (non-hydrogen) atoms. The summed E-state index contributed by atoms with van der Waals surface area (Å²) in [5, 5.41) is 3.05. The van der Waals surface area contributed by atoms with Crippen molar-refractivity contribution in [3.8, 4) is 0 Å². The van der Waals surface area contributed by atoms with Crippen molar-refractivity contribution in [1.29, 1.82) is 0 Å². The monoisotopic (exact) mass is 345 g/mol. The first-order chi connectivity index (χ1) is 12.1. The van der Waals surface area contributed by atoms with Crippen molar-refractivity contribution < 1.29 is 9.53 Å². The van der Waals surface area contributed by atoms with Gasteiger partial charge in [-0.05, 0) is 38.8 Å². The molecule has 2 fully saturated rings. The van der Waals surface area contributed by atoms with Crippen LogP contribution in [0.4, 0.5) is 0 Å². The minimum atomic E-state index is 0.125. The summed E-state index contributed by atoms with van der Waals surface area (Å²) in [5.74, 6) is 0.125. The molecule has 0 saturated carbocycles. The highest BCUT2D eigenvalue weighted by Gasteiger charge is 2.30. The topological polar surface area (TPSA) is 44.8 Å². The minimum Gasteiger partial charge on any atom is -0.373 e. The van der Waals surface area contributed by atoms with Crippen molar-refractivity contribution in [1.82, 2.24) is 15.1 Å². The molecule has 3 atom stereocenters. The number of ether oxygens (including phenoxy) is 1. The van der Waals surface area contributed by atoms with Crippen molar-refractivity contribution >= 4 is 5.91 Å². The maximum Gasteiger partial charge on any atom is 0.234 e. The van der Waals surface area contributed by atoms with Crippen molar-refractivity contribution in [3.05, 3.63) is 35.9 Å². The molecule has 1 aromatic rings. The van der Waals surface area contributed by atoms with Gasteiger partial charge in [-0.25, -0.2) is 0 Å². The second kappa shape index (κ2) is 8.79. The molecule has 0 aromatic heterocycles. The Morgan fingerprint density at radius 3 is 2.64 bits per heavy atom. The molecule has 1 amide bonds. The lowest BCUT2D eigenvalue weighted by molar-refractivity contribution is -0.123. The molecule has 2 heterocycles. The summed E-state index contributed by atoms with van der Waals surface area (Å²) < 4.78 is 5.83. The van der Waals surface area contributed by atoms with Gasteiger partial charge < -0.3 is 10.1 Å². The number of morpholine rings is 1. The number of hydrogen-bond donors (Lipinski definition) is 1. The highest BCUT2D eigenvalue weighted by atomic mass is 16.5. The van der Waals surface area contributed by atoms with Gasteiger partial charge in [0.05, 0.1) is 18.8 Å². The van der Waals surface area contributed by atoms with Gasteiger partial charge in [-0.15, -0.1) is 0 Å². The number of nitrogens with one attached hydrogen (secondary N) is 1. The Kier molecular flexibility index (Phi) is 6.45. The summed E-state index contributed by atoms with van der Waals surface area (Å²) in [6.45, 7) is 9.47. The SMILES string of the molecule is C[C@@H]1CN(C[C@@H]2CCCN2CC(=O)NCc2ccccc2)C[C@H](C)O1. The Hall–Kier alpha value is -1.43. The summed E-state index contributed by atoms with van der Waals surface area (Å²) in [6, 6.07) is 10.6. The lowest BCUT2D eigenvalue weighted by atomic mass is 10.1. The van der Waals surface area contributed by atoms with Crippen LogP contribution in [0.25, 0.3) is 0 Å². The number of carbonyl (C=O) groups is 1. The average molecular weight is 345 g/mol. The van der Waals surface area contributed by atoms with E-state index in [9.17, 15) is 4.79 Å². The number of amides is 1. The summed E-state index contributed by atoms with van der Waals surface area (Å²) >= 11 is 0. The van der Waals surface area contributed by atoms with E-state index in [2.05, 4.69) is 29.0 Å². The third-order valence-electron chi connectivity index (χ3n) is 5.14. The van der Waals surface area contributed by atoms with Crippen LogP contribution in [0.2, 0.25) is 0 Å².